The normalized spacial score (nSPS) is 12.8. The number of hydrogen-bond donors (Lipinski definition) is 0. The Balaban J connectivity index is 1.90. The molecule has 3 aromatic rings. The van der Waals surface area contributed by atoms with Crippen LogP contribution in [0.15, 0.2) is 70.1 Å². The van der Waals surface area contributed by atoms with Crippen molar-refractivity contribution in [1.82, 2.24) is 10.2 Å². The summed E-state index contributed by atoms with van der Waals surface area (Å²) in [5, 5.41) is 8.65. The molecule has 4 heteroatoms. The summed E-state index contributed by atoms with van der Waals surface area (Å²) in [5.74, 6) is 1.07. The number of rotatable bonds is 8. The van der Waals surface area contributed by atoms with Gasteiger partial charge < -0.3 is 4.42 Å². The summed E-state index contributed by atoms with van der Waals surface area (Å²) in [5.41, 5.74) is 6.97. The van der Waals surface area contributed by atoms with Gasteiger partial charge in [-0.2, -0.15) is 0 Å². The van der Waals surface area contributed by atoms with Crippen LogP contribution >= 0.6 is 0 Å². The molecule has 0 atom stereocenters. The minimum absolute atomic E-state index is 0.110. The average Bonchev–Trinajstić information content (AvgIpc) is 3.29. The quantitative estimate of drug-likeness (QED) is 0.266. The molecule has 1 aromatic heterocycles. The molecule has 3 rings (SSSR count). The zero-order valence-corrected chi connectivity index (χ0v) is 20.7. The third-order valence-electron chi connectivity index (χ3n) is 5.56. The van der Waals surface area contributed by atoms with Crippen molar-refractivity contribution in [3.8, 4) is 22.9 Å². The van der Waals surface area contributed by atoms with E-state index in [2.05, 4.69) is 98.3 Å². The molecule has 0 radical (unpaired) electrons. The van der Waals surface area contributed by atoms with Crippen LogP contribution in [0.5, 0.6) is 0 Å². The third-order valence-corrected chi connectivity index (χ3v) is 5.56. The van der Waals surface area contributed by atoms with Gasteiger partial charge in [0.05, 0.1) is 0 Å². The van der Waals surface area contributed by atoms with E-state index in [1.807, 2.05) is 25.3 Å². The number of allylic oxidation sites excluding steroid dienone is 4. The van der Waals surface area contributed by atoms with Gasteiger partial charge in [0.25, 0.3) is 0 Å². The molecule has 1 heterocycles. The van der Waals surface area contributed by atoms with Gasteiger partial charge in [0.2, 0.25) is 11.8 Å². The van der Waals surface area contributed by atoms with Gasteiger partial charge in [-0.1, -0.05) is 64.5 Å². The van der Waals surface area contributed by atoms with Crippen LogP contribution in [-0.2, 0) is 11.8 Å². The maximum Gasteiger partial charge on any atom is 0.248 e. The Hall–Kier alpha value is -3.27. The van der Waals surface area contributed by atoms with Crippen molar-refractivity contribution in [2.24, 2.45) is 4.99 Å². The Morgan fingerprint density at radius 2 is 1.61 bits per heavy atom. The fraction of sp³-hybridized carbons (Fsp3) is 0.345. The van der Waals surface area contributed by atoms with Crippen molar-refractivity contribution in [1.29, 1.82) is 0 Å². The van der Waals surface area contributed by atoms with Crippen molar-refractivity contribution in [3.63, 3.8) is 0 Å². The molecule has 0 aliphatic carbocycles. The molecule has 2 aromatic carbocycles. The molecule has 0 unspecified atom stereocenters. The molecule has 0 amide bonds. The van der Waals surface area contributed by atoms with Crippen molar-refractivity contribution in [2.45, 2.75) is 59.8 Å². The summed E-state index contributed by atoms with van der Waals surface area (Å²) in [6.07, 6.45) is 10.1. The number of aromatic nitrogens is 2. The topological polar surface area (TPSA) is 51.3 Å². The van der Waals surface area contributed by atoms with Crippen LogP contribution in [0.1, 0.15) is 64.7 Å². The monoisotopic (exact) mass is 441 g/mol. The molecule has 0 aliphatic heterocycles. The highest BCUT2D eigenvalue weighted by Crippen LogP contribution is 2.30. The first-order valence-corrected chi connectivity index (χ1v) is 11.7. The molecule has 0 N–H and O–H groups in total. The number of aryl methyl sites for hydroxylation is 1. The van der Waals surface area contributed by atoms with E-state index in [0.717, 1.165) is 30.5 Å². The summed E-state index contributed by atoms with van der Waals surface area (Å²) in [6, 6.07) is 14.8. The standard InChI is InChI=1S/C29H35N3O/c1-7-11-22-13-14-24(20-26(22)21(3)12-9-10-19-30-8-2)28-32-31-27(33-28)23-15-17-25(18-16-23)29(4,5)6/h9-10,12-20H,7-8,11H2,1-6H3/b10-9-,21-12+,30-19?. The van der Waals surface area contributed by atoms with Gasteiger partial charge in [-0.05, 0) is 78.3 Å². The first-order chi connectivity index (χ1) is 15.8. The van der Waals surface area contributed by atoms with Gasteiger partial charge >= 0.3 is 0 Å². The summed E-state index contributed by atoms with van der Waals surface area (Å²) in [4.78, 5) is 4.22. The summed E-state index contributed by atoms with van der Waals surface area (Å²) in [7, 11) is 0. The SMILES string of the molecule is CCCc1ccc(-c2nnc(-c3ccc(C(C)(C)C)cc3)o2)cc1/C(C)=C/C=C\C=NCC. The highest BCUT2D eigenvalue weighted by Gasteiger charge is 2.16. The molecular formula is C29H35N3O. The van der Waals surface area contributed by atoms with Gasteiger partial charge in [-0.3, -0.25) is 4.99 Å². The van der Waals surface area contributed by atoms with E-state index in [9.17, 15) is 0 Å². The van der Waals surface area contributed by atoms with Crippen LogP contribution in [0.3, 0.4) is 0 Å². The van der Waals surface area contributed by atoms with Crippen molar-refractivity contribution in [3.05, 3.63) is 77.4 Å². The lowest BCUT2D eigenvalue weighted by Gasteiger charge is -2.18. The summed E-state index contributed by atoms with van der Waals surface area (Å²) in [6.45, 7) is 13.8. The van der Waals surface area contributed by atoms with Crippen LogP contribution in [0.4, 0.5) is 0 Å². The minimum atomic E-state index is 0.110. The number of nitrogens with zero attached hydrogens (tertiary/aromatic N) is 3. The van der Waals surface area contributed by atoms with Crippen LogP contribution in [0.2, 0.25) is 0 Å². The molecule has 0 spiro atoms. The zero-order chi connectivity index (χ0) is 23.8. The van der Waals surface area contributed by atoms with Gasteiger partial charge in [0.15, 0.2) is 0 Å². The Labute approximate surface area is 198 Å². The third kappa shape index (κ3) is 6.38. The van der Waals surface area contributed by atoms with Crippen molar-refractivity contribution >= 4 is 11.8 Å². The van der Waals surface area contributed by atoms with Crippen molar-refractivity contribution < 1.29 is 4.42 Å². The Bertz CT molecular complexity index is 1140. The smallest absolute Gasteiger partial charge is 0.248 e. The lowest BCUT2D eigenvalue weighted by Crippen LogP contribution is -2.10. The fourth-order valence-corrected chi connectivity index (χ4v) is 3.64. The number of aliphatic imine (C=N–C) groups is 1. The highest BCUT2D eigenvalue weighted by atomic mass is 16.4. The Morgan fingerprint density at radius 1 is 0.939 bits per heavy atom. The van der Waals surface area contributed by atoms with E-state index in [1.54, 1.807) is 0 Å². The van der Waals surface area contributed by atoms with Crippen molar-refractivity contribution in [2.75, 3.05) is 6.54 Å². The van der Waals surface area contributed by atoms with E-state index in [1.165, 1.54) is 22.3 Å². The number of hydrogen-bond acceptors (Lipinski definition) is 4. The zero-order valence-electron chi connectivity index (χ0n) is 20.7. The first-order valence-electron chi connectivity index (χ1n) is 11.7. The Morgan fingerprint density at radius 3 is 2.24 bits per heavy atom. The predicted molar refractivity (Wildman–Crippen MR) is 140 cm³/mol. The lowest BCUT2D eigenvalue weighted by molar-refractivity contribution is 0.582. The lowest BCUT2D eigenvalue weighted by atomic mass is 9.87. The van der Waals surface area contributed by atoms with Gasteiger partial charge in [0, 0.05) is 23.9 Å². The van der Waals surface area contributed by atoms with E-state index >= 15 is 0 Å². The second-order valence-corrected chi connectivity index (χ2v) is 9.24. The van der Waals surface area contributed by atoms with E-state index < -0.39 is 0 Å². The van der Waals surface area contributed by atoms with E-state index in [0.29, 0.717) is 11.8 Å². The molecule has 33 heavy (non-hydrogen) atoms. The minimum Gasteiger partial charge on any atom is -0.416 e. The maximum absolute atomic E-state index is 6.07. The van der Waals surface area contributed by atoms with Crippen LogP contribution in [0.25, 0.3) is 28.5 Å². The first kappa shape index (κ1) is 24.4. The van der Waals surface area contributed by atoms with Crippen LogP contribution < -0.4 is 0 Å². The molecule has 4 nitrogen and oxygen atoms in total. The molecular weight excluding hydrogens is 406 g/mol. The van der Waals surface area contributed by atoms with E-state index in [4.69, 9.17) is 4.42 Å². The second kappa shape index (κ2) is 11.0. The molecule has 0 saturated carbocycles. The molecule has 0 saturated heterocycles. The second-order valence-electron chi connectivity index (χ2n) is 9.24. The maximum atomic E-state index is 6.07. The molecule has 0 bridgehead atoms. The fourth-order valence-electron chi connectivity index (χ4n) is 3.64. The Kier molecular flexibility index (Phi) is 8.16. The molecule has 172 valence electrons. The van der Waals surface area contributed by atoms with Gasteiger partial charge in [0.1, 0.15) is 0 Å². The summed E-state index contributed by atoms with van der Waals surface area (Å²) >= 11 is 0. The number of benzene rings is 2. The van der Waals surface area contributed by atoms with E-state index in [-0.39, 0.29) is 5.41 Å². The largest absolute Gasteiger partial charge is 0.416 e. The summed E-state index contributed by atoms with van der Waals surface area (Å²) < 4.78 is 6.07. The molecule has 0 fully saturated rings. The highest BCUT2D eigenvalue weighted by molar-refractivity contribution is 5.75. The predicted octanol–water partition coefficient (Wildman–Crippen LogP) is 7.70. The van der Waals surface area contributed by atoms with Crippen LogP contribution in [-0.4, -0.2) is 23.0 Å². The van der Waals surface area contributed by atoms with Gasteiger partial charge in [-0.15, -0.1) is 10.2 Å². The van der Waals surface area contributed by atoms with Crippen LogP contribution in [0, 0.1) is 0 Å². The molecule has 0 aliphatic rings. The average molecular weight is 442 g/mol. The van der Waals surface area contributed by atoms with Gasteiger partial charge in [-0.25, -0.2) is 0 Å².